The summed E-state index contributed by atoms with van der Waals surface area (Å²) in [7, 11) is 1.69. The summed E-state index contributed by atoms with van der Waals surface area (Å²) in [6.45, 7) is 5.79. The van der Waals surface area contributed by atoms with Gasteiger partial charge in [-0.3, -0.25) is 10.4 Å². The average molecular weight is 230 g/mol. The molecule has 0 saturated heterocycles. The number of guanidine groups is 1. The van der Waals surface area contributed by atoms with Gasteiger partial charge in [0.15, 0.2) is 0 Å². The van der Waals surface area contributed by atoms with Crippen LogP contribution < -0.4 is 16.6 Å². The standard InChI is InChI=1S/C11H26N4O/c1-4-7-10(5-2)14-11(15-12)13-8-6-9-16-3/h10H,4-9,12H2,1-3H3,(H2,13,14,15). The fourth-order valence-electron chi connectivity index (χ4n) is 1.45. The van der Waals surface area contributed by atoms with Crippen LogP contribution in [0.25, 0.3) is 0 Å². The monoisotopic (exact) mass is 230 g/mol. The first kappa shape index (κ1) is 15.2. The van der Waals surface area contributed by atoms with Crippen molar-refractivity contribution in [1.82, 2.24) is 10.7 Å². The van der Waals surface area contributed by atoms with Crippen molar-refractivity contribution in [3.8, 4) is 0 Å². The Morgan fingerprint density at radius 2 is 2.19 bits per heavy atom. The number of hydrogen-bond donors (Lipinski definition) is 3. The van der Waals surface area contributed by atoms with Crippen molar-refractivity contribution < 1.29 is 4.74 Å². The van der Waals surface area contributed by atoms with Crippen LogP contribution in [0.2, 0.25) is 0 Å². The predicted octanol–water partition coefficient (Wildman–Crippen LogP) is 1.01. The molecule has 1 atom stereocenters. The number of nitrogens with zero attached hydrogens (tertiary/aromatic N) is 1. The third-order valence-electron chi connectivity index (χ3n) is 2.38. The molecule has 0 rings (SSSR count). The van der Waals surface area contributed by atoms with Crippen LogP contribution in [0.4, 0.5) is 0 Å². The van der Waals surface area contributed by atoms with E-state index in [1.54, 1.807) is 7.11 Å². The van der Waals surface area contributed by atoms with Crippen LogP contribution in [0.3, 0.4) is 0 Å². The molecule has 0 bridgehead atoms. The molecule has 0 aromatic carbocycles. The van der Waals surface area contributed by atoms with E-state index in [0.29, 0.717) is 12.0 Å². The third kappa shape index (κ3) is 7.48. The van der Waals surface area contributed by atoms with Gasteiger partial charge in [0.1, 0.15) is 0 Å². The Labute approximate surface area is 98.8 Å². The summed E-state index contributed by atoms with van der Waals surface area (Å²) in [6.07, 6.45) is 4.28. The first-order chi connectivity index (χ1) is 7.78. The van der Waals surface area contributed by atoms with Gasteiger partial charge in [0.2, 0.25) is 5.96 Å². The van der Waals surface area contributed by atoms with Crippen molar-refractivity contribution in [3.05, 3.63) is 0 Å². The molecule has 0 heterocycles. The number of hydrogen-bond acceptors (Lipinski definition) is 3. The topological polar surface area (TPSA) is 71.7 Å². The molecule has 0 spiro atoms. The Bertz CT molecular complexity index is 185. The largest absolute Gasteiger partial charge is 0.385 e. The van der Waals surface area contributed by atoms with E-state index in [4.69, 9.17) is 10.6 Å². The van der Waals surface area contributed by atoms with Crippen molar-refractivity contribution >= 4 is 5.96 Å². The normalized spacial score (nSPS) is 13.6. The van der Waals surface area contributed by atoms with Crippen LogP contribution in [0.5, 0.6) is 0 Å². The molecule has 0 radical (unpaired) electrons. The number of aliphatic imine (C=N–C) groups is 1. The number of methoxy groups -OCH3 is 1. The minimum atomic E-state index is 0.447. The highest BCUT2D eigenvalue weighted by Gasteiger charge is 2.06. The van der Waals surface area contributed by atoms with Gasteiger partial charge in [-0.1, -0.05) is 20.3 Å². The molecule has 0 aromatic rings. The fourth-order valence-corrected chi connectivity index (χ4v) is 1.45. The lowest BCUT2D eigenvalue weighted by molar-refractivity contribution is 0.197. The lowest BCUT2D eigenvalue weighted by Crippen LogP contribution is -2.46. The lowest BCUT2D eigenvalue weighted by Gasteiger charge is -2.18. The van der Waals surface area contributed by atoms with Gasteiger partial charge in [-0.15, -0.1) is 0 Å². The molecule has 5 nitrogen and oxygen atoms in total. The first-order valence-corrected chi connectivity index (χ1v) is 6.04. The Morgan fingerprint density at radius 3 is 2.69 bits per heavy atom. The molecule has 5 heteroatoms. The second-order valence-corrected chi connectivity index (χ2v) is 3.76. The van der Waals surface area contributed by atoms with Crippen molar-refractivity contribution in [2.24, 2.45) is 10.8 Å². The van der Waals surface area contributed by atoms with Crippen molar-refractivity contribution in [3.63, 3.8) is 0 Å². The molecule has 0 aliphatic heterocycles. The van der Waals surface area contributed by atoms with Crippen LogP contribution >= 0.6 is 0 Å². The molecular formula is C11H26N4O. The summed E-state index contributed by atoms with van der Waals surface area (Å²) < 4.78 is 4.96. The van der Waals surface area contributed by atoms with Gasteiger partial charge in [-0.2, -0.15) is 0 Å². The van der Waals surface area contributed by atoms with Crippen LogP contribution in [0.15, 0.2) is 4.99 Å². The maximum absolute atomic E-state index is 5.41. The zero-order chi connectivity index (χ0) is 12.2. The fraction of sp³-hybridized carbons (Fsp3) is 0.909. The highest BCUT2D eigenvalue weighted by atomic mass is 16.5. The molecule has 0 aliphatic rings. The molecule has 0 saturated carbocycles. The van der Waals surface area contributed by atoms with Gasteiger partial charge < -0.3 is 10.1 Å². The van der Waals surface area contributed by atoms with E-state index >= 15 is 0 Å². The van der Waals surface area contributed by atoms with Gasteiger partial charge in [-0.05, 0) is 19.3 Å². The third-order valence-corrected chi connectivity index (χ3v) is 2.38. The average Bonchev–Trinajstić information content (AvgIpc) is 2.31. The van der Waals surface area contributed by atoms with Gasteiger partial charge in [0.25, 0.3) is 0 Å². The molecule has 1 unspecified atom stereocenters. The van der Waals surface area contributed by atoms with E-state index in [2.05, 4.69) is 29.6 Å². The van der Waals surface area contributed by atoms with E-state index in [0.717, 1.165) is 38.8 Å². The highest BCUT2D eigenvalue weighted by molar-refractivity contribution is 5.79. The molecule has 96 valence electrons. The summed E-state index contributed by atoms with van der Waals surface area (Å²) in [5.74, 6) is 6.09. The maximum Gasteiger partial charge on any atom is 0.205 e. The van der Waals surface area contributed by atoms with Crippen LogP contribution in [0.1, 0.15) is 39.5 Å². The number of nitrogens with two attached hydrogens (primary N) is 1. The van der Waals surface area contributed by atoms with E-state index in [9.17, 15) is 0 Å². The maximum atomic E-state index is 5.41. The van der Waals surface area contributed by atoms with Crippen molar-refractivity contribution in [2.75, 3.05) is 20.3 Å². The number of nitrogens with one attached hydrogen (secondary N) is 2. The summed E-state index contributed by atoms with van der Waals surface area (Å²) in [5, 5.41) is 3.30. The Kier molecular flexibility index (Phi) is 10.2. The minimum Gasteiger partial charge on any atom is -0.385 e. The number of hydrazine groups is 1. The molecule has 0 aromatic heterocycles. The van der Waals surface area contributed by atoms with Crippen molar-refractivity contribution in [2.45, 2.75) is 45.6 Å². The Balaban J connectivity index is 3.95. The predicted molar refractivity (Wildman–Crippen MR) is 68.2 cm³/mol. The molecule has 0 amide bonds. The zero-order valence-corrected chi connectivity index (χ0v) is 10.8. The number of rotatable bonds is 8. The van der Waals surface area contributed by atoms with Crippen molar-refractivity contribution in [1.29, 1.82) is 0 Å². The first-order valence-electron chi connectivity index (χ1n) is 6.04. The number of ether oxygens (including phenoxy) is 1. The summed E-state index contributed by atoms with van der Waals surface area (Å²) in [5.41, 5.74) is 2.60. The van der Waals surface area contributed by atoms with Gasteiger partial charge in [0.05, 0.1) is 0 Å². The molecule has 16 heavy (non-hydrogen) atoms. The highest BCUT2D eigenvalue weighted by Crippen LogP contribution is 2.00. The second-order valence-electron chi connectivity index (χ2n) is 3.76. The quantitative estimate of drug-likeness (QED) is 0.191. The van der Waals surface area contributed by atoms with E-state index < -0.39 is 0 Å². The summed E-state index contributed by atoms with van der Waals surface area (Å²) in [6, 6.07) is 0.447. The van der Waals surface area contributed by atoms with Crippen LogP contribution in [-0.4, -0.2) is 32.3 Å². The molecule has 0 aliphatic carbocycles. The molecular weight excluding hydrogens is 204 g/mol. The van der Waals surface area contributed by atoms with Crippen LogP contribution in [-0.2, 0) is 4.74 Å². The van der Waals surface area contributed by atoms with Gasteiger partial charge >= 0.3 is 0 Å². The second kappa shape index (κ2) is 10.7. The van der Waals surface area contributed by atoms with Crippen LogP contribution in [0, 0.1) is 0 Å². The van der Waals surface area contributed by atoms with Gasteiger partial charge in [-0.25, -0.2) is 5.84 Å². The van der Waals surface area contributed by atoms with E-state index in [-0.39, 0.29) is 0 Å². The smallest absolute Gasteiger partial charge is 0.205 e. The zero-order valence-electron chi connectivity index (χ0n) is 10.8. The SMILES string of the molecule is CCCC(CC)NC(=NCCCOC)NN. The lowest BCUT2D eigenvalue weighted by atomic mass is 10.1. The van der Waals surface area contributed by atoms with Gasteiger partial charge in [0, 0.05) is 26.3 Å². The van der Waals surface area contributed by atoms with E-state index in [1.807, 2.05) is 0 Å². The summed E-state index contributed by atoms with van der Waals surface area (Å²) in [4.78, 5) is 4.34. The molecule has 0 fully saturated rings. The Morgan fingerprint density at radius 1 is 1.44 bits per heavy atom. The molecule has 4 N–H and O–H groups in total. The Hall–Kier alpha value is -0.810. The minimum absolute atomic E-state index is 0.447. The van der Waals surface area contributed by atoms with E-state index in [1.165, 1.54) is 0 Å². The summed E-state index contributed by atoms with van der Waals surface area (Å²) >= 11 is 0.